The van der Waals surface area contributed by atoms with E-state index < -0.39 is 15.4 Å². The molecule has 2 fully saturated rings. The summed E-state index contributed by atoms with van der Waals surface area (Å²) in [6.07, 6.45) is 3.56. The lowest BCUT2D eigenvalue weighted by Gasteiger charge is -2.41. The summed E-state index contributed by atoms with van der Waals surface area (Å²) < 4.78 is 28.6. The number of hydrogen-bond donors (Lipinski definition) is 0. The monoisotopic (exact) mass is 308 g/mol. The van der Waals surface area contributed by atoms with Crippen LogP contribution in [0.2, 0.25) is 0 Å². The van der Waals surface area contributed by atoms with Crippen LogP contribution in [-0.4, -0.2) is 25.9 Å². The molecule has 0 N–H and O–H groups in total. The molecule has 0 spiro atoms. The Bertz CT molecular complexity index is 617. The van der Waals surface area contributed by atoms with E-state index in [1.165, 1.54) is 0 Å². The largest absolute Gasteiger partial charge is 0.454 e. The van der Waals surface area contributed by atoms with E-state index in [2.05, 4.69) is 0 Å². The van der Waals surface area contributed by atoms with Crippen LogP contribution < -0.4 is 0 Å². The van der Waals surface area contributed by atoms with E-state index in [0.717, 1.165) is 24.8 Å². The fourth-order valence-corrected chi connectivity index (χ4v) is 5.08. The Kier molecular flexibility index (Phi) is 3.78. The molecule has 3 rings (SSSR count). The Balaban J connectivity index is 1.64. The highest BCUT2D eigenvalue weighted by Gasteiger charge is 2.43. The first-order chi connectivity index (χ1) is 9.99. The summed E-state index contributed by atoms with van der Waals surface area (Å²) in [6, 6.07) is 9.83. The van der Waals surface area contributed by atoms with E-state index in [9.17, 15) is 13.2 Å². The van der Waals surface area contributed by atoms with Crippen LogP contribution in [0, 0.1) is 5.92 Å². The van der Waals surface area contributed by atoms with Gasteiger partial charge in [0.1, 0.15) is 5.60 Å². The van der Waals surface area contributed by atoms with Gasteiger partial charge in [-0.3, -0.25) is 4.79 Å². The van der Waals surface area contributed by atoms with Crippen LogP contribution in [-0.2, 0) is 25.0 Å². The van der Waals surface area contributed by atoms with Crippen molar-refractivity contribution in [3.05, 3.63) is 35.9 Å². The summed E-state index contributed by atoms with van der Waals surface area (Å²) in [4.78, 5) is 12.2. The molecule has 1 saturated carbocycles. The van der Waals surface area contributed by atoms with Gasteiger partial charge in [0, 0.05) is 6.42 Å². The average molecular weight is 308 g/mol. The number of benzene rings is 1. The second-order valence-corrected chi connectivity index (χ2v) is 8.39. The molecule has 1 aromatic carbocycles. The summed E-state index contributed by atoms with van der Waals surface area (Å²) >= 11 is 0. The number of rotatable bonds is 4. The van der Waals surface area contributed by atoms with Crippen molar-refractivity contribution in [3.63, 3.8) is 0 Å². The van der Waals surface area contributed by atoms with Crippen molar-refractivity contribution in [2.75, 3.05) is 11.5 Å². The van der Waals surface area contributed by atoms with Crippen molar-refractivity contribution in [2.45, 2.75) is 37.7 Å². The third kappa shape index (κ3) is 3.12. The summed E-state index contributed by atoms with van der Waals surface area (Å²) in [5.41, 5.74) is 0.569. The van der Waals surface area contributed by atoms with Gasteiger partial charge < -0.3 is 4.74 Å². The molecule has 1 aliphatic heterocycles. The van der Waals surface area contributed by atoms with E-state index in [4.69, 9.17) is 4.74 Å². The zero-order valence-corrected chi connectivity index (χ0v) is 12.8. The third-order valence-electron chi connectivity index (χ3n) is 4.55. The predicted octanol–water partition coefficient (Wildman–Crippen LogP) is 2.43. The molecule has 2 aliphatic rings. The number of carbonyl (C=O) groups excluding carboxylic acids is 1. The first-order valence-corrected chi connectivity index (χ1v) is 9.29. The van der Waals surface area contributed by atoms with E-state index in [1.54, 1.807) is 0 Å². The van der Waals surface area contributed by atoms with Gasteiger partial charge in [-0.25, -0.2) is 8.42 Å². The smallest absolute Gasteiger partial charge is 0.306 e. The minimum Gasteiger partial charge on any atom is -0.454 e. The maximum atomic E-state index is 12.2. The molecule has 1 aromatic rings. The van der Waals surface area contributed by atoms with Gasteiger partial charge in [-0.2, -0.15) is 0 Å². The predicted molar refractivity (Wildman–Crippen MR) is 79.4 cm³/mol. The molecule has 1 heterocycles. The topological polar surface area (TPSA) is 60.4 Å². The zero-order valence-electron chi connectivity index (χ0n) is 12.0. The number of ether oxygens (including phenoxy) is 1. The number of sulfone groups is 1. The number of esters is 1. The SMILES string of the molecule is O=C(C[C@@H]1CCS(=O)(=O)C1)OC1(c2ccccc2)CCC1. The molecule has 0 radical (unpaired) electrons. The number of hydrogen-bond acceptors (Lipinski definition) is 4. The fourth-order valence-electron chi connectivity index (χ4n) is 3.22. The third-order valence-corrected chi connectivity index (χ3v) is 6.39. The maximum absolute atomic E-state index is 12.2. The molecule has 1 atom stereocenters. The van der Waals surface area contributed by atoms with Crippen molar-refractivity contribution >= 4 is 15.8 Å². The molecule has 1 aliphatic carbocycles. The maximum Gasteiger partial charge on any atom is 0.306 e. The minimum absolute atomic E-state index is 0.0737. The van der Waals surface area contributed by atoms with Gasteiger partial charge in [0.15, 0.2) is 9.84 Å². The Morgan fingerprint density at radius 1 is 1.24 bits per heavy atom. The van der Waals surface area contributed by atoms with Crippen molar-refractivity contribution in [3.8, 4) is 0 Å². The first-order valence-electron chi connectivity index (χ1n) is 7.47. The van der Waals surface area contributed by atoms with E-state index >= 15 is 0 Å². The molecule has 0 aromatic heterocycles. The van der Waals surface area contributed by atoms with Crippen molar-refractivity contribution in [2.24, 2.45) is 5.92 Å². The molecule has 0 amide bonds. The molecule has 4 nitrogen and oxygen atoms in total. The van der Waals surface area contributed by atoms with Gasteiger partial charge in [-0.15, -0.1) is 0 Å². The Morgan fingerprint density at radius 3 is 2.48 bits per heavy atom. The van der Waals surface area contributed by atoms with Crippen LogP contribution in [0.4, 0.5) is 0 Å². The summed E-state index contributed by atoms with van der Waals surface area (Å²) in [6.45, 7) is 0. The quantitative estimate of drug-likeness (QED) is 0.802. The first kappa shape index (κ1) is 14.6. The van der Waals surface area contributed by atoms with Gasteiger partial charge in [0.05, 0.1) is 11.5 Å². The van der Waals surface area contributed by atoms with Crippen LogP contribution >= 0.6 is 0 Å². The lowest BCUT2D eigenvalue weighted by atomic mass is 9.75. The van der Waals surface area contributed by atoms with E-state index in [-0.39, 0.29) is 29.8 Å². The van der Waals surface area contributed by atoms with Crippen molar-refractivity contribution < 1.29 is 17.9 Å². The highest BCUT2D eigenvalue weighted by molar-refractivity contribution is 7.91. The molecular formula is C16H20O4S. The van der Waals surface area contributed by atoms with Gasteiger partial charge in [-0.05, 0) is 37.2 Å². The lowest BCUT2D eigenvalue weighted by Crippen LogP contribution is -2.39. The Morgan fingerprint density at radius 2 is 1.95 bits per heavy atom. The molecule has 21 heavy (non-hydrogen) atoms. The van der Waals surface area contributed by atoms with Gasteiger partial charge in [0.2, 0.25) is 0 Å². The molecule has 114 valence electrons. The molecular weight excluding hydrogens is 288 g/mol. The van der Waals surface area contributed by atoms with E-state index in [1.807, 2.05) is 30.3 Å². The van der Waals surface area contributed by atoms with Crippen LogP contribution in [0.5, 0.6) is 0 Å². The normalized spacial score (nSPS) is 26.0. The molecule has 1 saturated heterocycles. The van der Waals surface area contributed by atoms with Crippen LogP contribution in [0.15, 0.2) is 30.3 Å². The second-order valence-electron chi connectivity index (χ2n) is 6.16. The van der Waals surface area contributed by atoms with Gasteiger partial charge >= 0.3 is 5.97 Å². The highest BCUT2D eigenvalue weighted by atomic mass is 32.2. The van der Waals surface area contributed by atoms with Gasteiger partial charge in [0.25, 0.3) is 0 Å². The Labute approximate surface area is 125 Å². The highest BCUT2D eigenvalue weighted by Crippen LogP contribution is 2.45. The van der Waals surface area contributed by atoms with E-state index in [0.29, 0.717) is 6.42 Å². The zero-order chi connectivity index (χ0) is 14.9. The molecule has 5 heteroatoms. The lowest BCUT2D eigenvalue weighted by molar-refractivity contribution is -0.172. The number of carbonyl (C=O) groups is 1. The summed E-state index contributed by atoms with van der Waals surface area (Å²) in [5.74, 6) is -0.00840. The average Bonchev–Trinajstić information content (AvgIpc) is 2.74. The second kappa shape index (κ2) is 5.44. The standard InChI is InChI=1S/C16H20O4S/c17-15(11-13-7-10-21(18,19)12-13)20-16(8-4-9-16)14-5-2-1-3-6-14/h1-3,5-6,13H,4,7-12H2/t13-/m0/s1. The molecule has 0 bridgehead atoms. The summed E-state index contributed by atoms with van der Waals surface area (Å²) in [7, 11) is -2.94. The summed E-state index contributed by atoms with van der Waals surface area (Å²) in [5, 5.41) is 0. The van der Waals surface area contributed by atoms with Crippen molar-refractivity contribution in [1.82, 2.24) is 0 Å². The molecule has 0 unspecified atom stereocenters. The fraction of sp³-hybridized carbons (Fsp3) is 0.562. The Hall–Kier alpha value is -1.36. The van der Waals surface area contributed by atoms with Crippen LogP contribution in [0.1, 0.15) is 37.7 Å². The van der Waals surface area contributed by atoms with Gasteiger partial charge in [-0.1, -0.05) is 30.3 Å². The van der Waals surface area contributed by atoms with Crippen LogP contribution in [0.25, 0.3) is 0 Å². The minimum atomic E-state index is -2.94. The van der Waals surface area contributed by atoms with Crippen molar-refractivity contribution in [1.29, 1.82) is 0 Å². The van der Waals surface area contributed by atoms with Crippen LogP contribution in [0.3, 0.4) is 0 Å².